The van der Waals surface area contributed by atoms with Gasteiger partial charge in [-0.3, -0.25) is 4.57 Å². The summed E-state index contributed by atoms with van der Waals surface area (Å²) in [6, 6.07) is 14.8. The molecular weight excluding hydrogens is 322 g/mol. The summed E-state index contributed by atoms with van der Waals surface area (Å²) in [5.41, 5.74) is 3.82. The first kappa shape index (κ1) is 15.4. The number of aromatic nitrogens is 2. The number of nitrogens with zero attached hydrogens (tertiary/aromatic N) is 2. The molecular formula is C22H21N3O. The first-order valence-electron chi connectivity index (χ1n) is 9.29. The van der Waals surface area contributed by atoms with E-state index in [0.717, 1.165) is 35.0 Å². The minimum atomic E-state index is -0.241. The zero-order valence-corrected chi connectivity index (χ0v) is 14.6. The zero-order valence-electron chi connectivity index (χ0n) is 14.6. The molecule has 0 amide bonds. The van der Waals surface area contributed by atoms with E-state index in [1.807, 2.05) is 24.3 Å². The number of hydrogen-bond donors (Lipinski definition) is 1. The Labute approximate surface area is 152 Å². The smallest absolute Gasteiger partial charge is 0.354 e. The standard InChI is InChI=1S/C22H21N3O/c1-2-14-4-3-5-18(12-14)25-20-13-16(15-6-7-15)8-11-19(20)21(24-22(25)26)23-17-9-10-17/h2-5,8,11-13,15,17H,1,6-7,9-10H2,(H,23,24,26). The van der Waals surface area contributed by atoms with Crippen LogP contribution in [-0.2, 0) is 0 Å². The quantitative estimate of drug-likeness (QED) is 0.743. The summed E-state index contributed by atoms with van der Waals surface area (Å²) < 4.78 is 1.73. The van der Waals surface area contributed by atoms with Crippen LogP contribution < -0.4 is 11.0 Å². The van der Waals surface area contributed by atoms with E-state index in [2.05, 4.69) is 35.1 Å². The van der Waals surface area contributed by atoms with E-state index < -0.39 is 0 Å². The molecule has 26 heavy (non-hydrogen) atoms. The van der Waals surface area contributed by atoms with E-state index in [9.17, 15) is 4.79 Å². The lowest BCUT2D eigenvalue weighted by molar-refractivity contribution is 0.949. The Kier molecular flexibility index (Phi) is 3.45. The van der Waals surface area contributed by atoms with Crippen molar-refractivity contribution in [2.75, 3.05) is 5.32 Å². The van der Waals surface area contributed by atoms with Crippen molar-refractivity contribution >= 4 is 22.8 Å². The summed E-state index contributed by atoms with van der Waals surface area (Å²) in [5, 5.41) is 4.43. The molecule has 2 aliphatic rings. The van der Waals surface area contributed by atoms with Crippen molar-refractivity contribution < 1.29 is 0 Å². The normalized spacial score (nSPS) is 16.6. The second-order valence-corrected chi connectivity index (χ2v) is 7.35. The van der Waals surface area contributed by atoms with Crippen LogP contribution in [-0.4, -0.2) is 15.6 Å². The van der Waals surface area contributed by atoms with Crippen LogP contribution in [0.2, 0.25) is 0 Å². The Bertz CT molecular complexity index is 1070. The van der Waals surface area contributed by atoms with Crippen molar-refractivity contribution in [3.05, 3.63) is 70.7 Å². The molecule has 2 aromatic carbocycles. The number of hydrogen-bond acceptors (Lipinski definition) is 3. The highest BCUT2D eigenvalue weighted by Gasteiger charge is 2.26. The SMILES string of the molecule is C=Cc1cccc(-n2c(=O)nc(NC3CC3)c3ccc(C4CC4)cc32)c1. The third-order valence-corrected chi connectivity index (χ3v) is 5.25. The second kappa shape index (κ2) is 5.84. The Hall–Kier alpha value is -2.88. The van der Waals surface area contributed by atoms with Crippen molar-refractivity contribution in [2.45, 2.75) is 37.6 Å². The molecule has 0 spiro atoms. The second-order valence-electron chi connectivity index (χ2n) is 7.35. The molecule has 2 aliphatic carbocycles. The average Bonchev–Trinajstić information content (AvgIpc) is 3.55. The largest absolute Gasteiger partial charge is 0.367 e. The highest BCUT2D eigenvalue weighted by Crippen LogP contribution is 2.41. The highest BCUT2D eigenvalue weighted by molar-refractivity contribution is 5.91. The Morgan fingerprint density at radius 3 is 2.69 bits per heavy atom. The fourth-order valence-electron chi connectivity index (χ4n) is 3.48. The lowest BCUT2D eigenvalue weighted by Crippen LogP contribution is -2.24. The van der Waals surface area contributed by atoms with E-state index in [4.69, 9.17) is 0 Å². The Balaban J connectivity index is 1.77. The lowest BCUT2D eigenvalue weighted by atomic mass is 10.1. The molecule has 0 atom stereocenters. The first-order chi connectivity index (χ1) is 12.7. The third kappa shape index (κ3) is 2.71. The van der Waals surface area contributed by atoms with Gasteiger partial charge in [0.05, 0.1) is 11.2 Å². The van der Waals surface area contributed by atoms with Gasteiger partial charge in [-0.05, 0) is 67.0 Å². The summed E-state index contributed by atoms with van der Waals surface area (Å²) in [4.78, 5) is 17.3. The molecule has 130 valence electrons. The van der Waals surface area contributed by atoms with Gasteiger partial charge in [0.2, 0.25) is 0 Å². The van der Waals surface area contributed by atoms with Gasteiger partial charge < -0.3 is 5.32 Å². The summed E-state index contributed by atoms with van der Waals surface area (Å²) in [7, 11) is 0. The Morgan fingerprint density at radius 2 is 1.96 bits per heavy atom. The van der Waals surface area contributed by atoms with Gasteiger partial charge in [0, 0.05) is 11.4 Å². The summed E-state index contributed by atoms with van der Waals surface area (Å²) in [5.74, 6) is 1.35. The molecule has 4 nitrogen and oxygen atoms in total. The minimum absolute atomic E-state index is 0.241. The van der Waals surface area contributed by atoms with Gasteiger partial charge in [-0.15, -0.1) is 0 Å². The van der Waals surface area contributed by atoms with Crippen molar-refractivity contribution in [2.24, 2.45) is 0 Å². The molecule has 0 saturated heterocycles. The summed E-state index contributed by atoms with van der Waals surface area (Å²) in [6.45, 7) is 3.84. The van der Waals surface area contributed by atoms with Crippen LogP contribution in [0.1, 0.15) is 42.7 Å². The van der Waals surface area contributed by atoms with E-state index in [1.54, 1.807) is 10.6 Å². The first-order valence-corrected chi connectivity index (χ1v) is 9.29. The van der Waals surface area contributed by atoms with Crippen LogP contribution >= 0.6 is 0 Å². The molecule has 0 bridgehead atoms. The van der Waals surface area contributed by atoms with Gasteiger partial charge in [0.15, 0.2) is 0 Å². The predicted octanol–water partition coefficient (Wildman–Crippen LogP) is 4.48. The van der Waals surface area contributed by atoms with Gasteiger partial charge in [0.25, 0.3) is 0 Å². The number of fused-ring (bicyclic) bond motifs is 1. The average molecular weight is 343 g/mol. The van der Waals surface area contributed by atoms with E-state index in [0.29, 0.717) is 17.8 Å². The van der Waals surface area contributed by atoms with Crippen molar-refractivity contribution in [1.82, 2.24) is 9.55 Å². The molecule has 0 radical (unpaired) electrons. The molecule has 3 aromatic rings. The third-order valence-electron chi connectivity index (χ3n) is 5.25. The Morgan fingerprint density at radius 1 is 1.12 bits per heavy atom. The lowest BCUT2D eigenvalue weighted by Gasteiger charge is -2.15. The van der Waals surface area contributed by atoms with Gasteiger partial charge in [-0.2, -0.15) is 4.98 Å². The summed E-state index contributed by atoms with van der Waals surface area (Å²) in [6.07, 6.45) is 6.56. The molecule has 0 aliphatic heterocycles. The number of nitrogens with one attached hydrogen (secondary N) is 1. The number of anilines is 1. The van der Waals surface area contributed by atoms with E-state index in [-0.39, 0.29) is 5.69 Å². The van der Waals surface area contributed by atoms with Crippen LogP contribution in [0.25, 0.3) is 22.7 Å². The minimum Gasteiger partial charge on any atom is -0.367 e. The van der Waals surface area contributed by atoms with Gasteiger partial charge in [-0.25, -0.2) is 4.79 Å². The predicted molar refractivity (Wildman–Crippen MR) is 106 cm³/mol. The van der Waals surface area contributed by atoms with Crippen LogP contribution in [0.15, 0.2) is 53.8 Å². The topological polar surface area (TPSA) is 46.9 Å². The number of rotatable bonds is 5. The molecule has 5 rings (SSSR count). The van der Waals surface area contributed by atoms with Gasteiger partial charge in [0.1, 0.15) is 5.82 Å². The maximum atomic E-state index is 12.9. The molecule has 2 saturated carbocycles. The molecule has 1 aromatic heterocycles. The maximum absolute atomic E-state index is 12.9. The highest BCUT2D eigenvalue weighted by atomic mass is 16.1. The molecule has 2 fully saturated rings. The van der Waals surface area contributed by atoms with Crippen molar-refractivity contribution in [3.63, 3.8) is 0 Å². The van der Waals surface area contributed by atoms with E-state index >= 15 is 0 Å². The van der Waals surface area contributed by atoms with Crippen LogP contribution in [0, 0.1) is 0 Å². The fraction of sp³-hybridized carbons (Fsp3) is 0.273. The molecule has 0 unspecified atom stereocenters. The zero-order chi connectivity index (χ0) is 17.7. The molecule has 1 heterocycles. The monoisotopic (exact) mass is 343 g/mol. The summed E-state index contributed by atoms with van der Waals surface area (Å²) >= 11 is 0. The fourth-order valence-corrected chi connectivity index (χ4v) is 3.48. The van der Waals surface area contributed by atoms with Gasteiger partial charge >= 0.3 is 5.69 Å². The van der Waals surface area contributed by atoms with Crippen LogP contribution in [0.4, 0.5) is 5.82 Å². The van der Waals surface area contributed by atoms with E-state index in [1.165, 1.54) is 18.4 Å². The number of benzene rings is 2. The van der Waals surface area contributed by atoms with Crippen LogP contribution in [0.5, 0.6) is 0 Å². The van der Waals surface area contributed by atoms with Crippen LogP contribution in [0.3, 0.4) is 0 Å². The van der Waals surface area contributed by atoms with Gasteiger partial charge in [-0.1, -0.05) is 30.9 Å². The molecule has 4 heteroatoms. The maximum Gasteiger partial charge on any atom is 0.354 e. The molecule has 1 N–H and O–H groups in total. The van der Waals surface area contributed by atoms with Crippen molar-refractivity contribution in [3.8, 4) is 5.69 Å². The van der Waals surface area contributed by atoms with Crippen molar-refractivity contribution in [1.29, 1.82) is 0 Å².